The Morgan fingerprint density at radius 3 is 2.62 bits per heavy atom. The smallest absolute Gasteiger partial charge is 0.0922 e. The van der Waals surface area contributed by atoms with Gasteiger partial charge in [-0.15, -0.1) is 0 Å². The first-order valence-corrected chi connectivity index (χ1v) is 4.17. The second-order valence-electron chi connectivity index (χ2n) is 2.90. The number of rotatable bonds is 2. The van der Waals surface area contributed by atoms with Gasteiger partial charge in [-0.05, 0) is 5.56 Å². The van der Waals surface area contributed by atoms with E-state index in [1.807, 2.05) is 30.3 Å². The zero-order valence-corrected chi connectivity index (χ0v) is 7.14. The molecule has 0 bridgehead atoms. The van der Waals surface area contributed by atoms with Crippen molar-refractivity contribution in [3.05, 3.63) is 54.1 Å². The number of nitrogens with two attached hydrogens (primary N) is 1. The van der Waals surface area contributed by atoms with Crippen molar-refractivity contribution in [1.82, 2.24) is 9.97 Å². The maximum absolute atomic E-state index is 5.99. The zero-order valence-electron chi connectivity index (χ0n) is 7.14. The van der Waals surface area contributed by atoms with Gasteiger partial charge < -0.3 is 10.7 Å². The van der Waals surface area contributed by atoms with Crippen molar-refractivity contribution in [3.8, 4) is 0 Å². The molecule has 13 heavy (non-hydrogen) atoms. The Morgan fingerprint density at radius 1 is 1.23 bits per heavy atom. The van der Waals surface area contributed by atoms with Crippen molar-refractivity contribution < 1.29 is 0 Å². The molecular formula is C10H11N3. The van der Waals surface area contributed by atoms with Crippen molar-refractivity contribution >= 4 is 0 Å². The van der Waals surface area contributed by atoms with Crippen LogP contribution in [-0.4, -0.2) is 9.97 Å². The van der Waals surface area contributed by atoms with E-state index in [2.05, 4.69) is 9.97 Å². The minimum absolute atomic E-state index is 0.108. The Kier molecular flexibility index (Phi) is 2.10. The van der Waals surface area contributed by atoms with Crippen LogP contribution in [0.1, 0.15) is 17.3 Å². The highest BCUT2D eigenvalue weighted by molar-refractivity contribution is 5.25. The summed E-state index contributed by atoms with van der Waals surface area (Å²) in [4.78, 5) is 6.93. The van der Waals surface area contributed by atoms with Crippen LogP contribution in [0, 0.1) is 0 Å². The number of aromatic amines is 1. The Bertz CT molecular complexity index is 353. The average Bonchev–Trinajstić information content (AvgIpc) is 2.71. The first-order chi connectivity index (χ1) is 6.38. The van der Waals surface area contributed by atoms with E-state index in [1.165, 1.54) is 0 Å². The van der Waals surface area contributed by atoms with E-state index in [0.717, 1.165) is 11.3 Å². The summed E-state index contributed by atoms with van der Waals surface area (Å²) < 4.78 is 0. The highest BCUT2D eigenvalue weighted by atomic mass is 14.9. The molecule has 3 nitrogen and oxygen atoms in total. The van der Waals surface area contributed by atoms with Crippen molar-refractivity contribution in [2.24, 2.45) is 5.73 Å². The molecule has 0 fully saturated rings. The molecule has 0 amide bonds. The van der Waals surface area contributed by atoms with Crippen LogP contribution >= 0.6 is 0 Å². The molecule has 1 aromatic heterocycles. The van der Waals surface area contributed by atoms with Crippen LogP contribution in [0.2, 0.25) is 0 Å². The highest BCUT2D eigenvalue weighted by Crippen LogP contribution is 2.15. The third-order valence-corrected chi connectivity index (χ3v) is 2.01. The summed E-state index contributed by atoms with van der Waals surface area (Å²) in [6, 6.07) is 9.83. The number of imidazole rings is 1. The summed E-state index contributed by atoms with van der Waals surface area (Å²) in [6.45, 7) is 0. The first kappa shape index (κ1) is 8.01. The Balaban J connectivity index is 2.29. The minimum atomic E-state index is -0.108. The lowest BCUT2D eigenvalue weighted by Crippen LogP contribution is -2.11. The van der Waals surface area contributed by atoms with Gasteiger partial charge in [-0.2, -0.15) is 0 Å². The molecule has 1 heterocycles. The van der Waals surface area contributed by atoms with Crippen LogP contribution in [0.3, 0.4) is 0 Å². The van der Waals surface area contributed by atoms with E-state index in [4.69, 9.17) is 5.73 Å². The van der Waals surface area contributed by atoms with Gasteiger partial charge in [-0.3, -0.25) is 0 Å². The summed E-state index contributed by atoms with van der Waals surface area (Å²) in [5.41, 5.74) is 8.02. The largest absolute Gasteiger partial charge is 0.347 e. The average molecular weight is 173 g/mol. The van der Waals surface area contributed by atoms with Gasteiger partial charge >= 0.3 is 0 Å². The van der Waals surface area contributed by atoms with E-state index >= 15 is 0 Å². The van der Waals surface area contributed by atoms with E-state index in [0.29, 0.717) is 0 Å². The second-order valence-corrected chi connectivity index (χ2v) is 2.90. The maximum Gasteiger partial charge on any atom is 0.0922 e. The third kappa shape index (κ3) is 1.60. The fourth-order valence-electron chi connectivity index (χ4n) is 1.28. The molecule has 0 aliphatic carbocycles. The van der Waals surface area contributed by atoms with E-state index < -0.39 is 0 Å². The summed E-state index contributed by atoms with van der Waals surface area (Å²) >= 11 is 0. The van der Waals surface area contributed by atoms with E-state index in [1.54, 1.807) is 12.5 Å². The van der Waals surface area contributed by atoms with Gasteiger partial charge in [-0.25, -0.2) is 4.98 Å². The minimum Gasteiger partial charge on any atom is -0.347 e. The molecule has 3 N–H and O–H groups in total. The molecule has 2 rings (SSSR count). The predicted octanol–water partition coefficient (Wildman–Crippen LogP) is 1.46. The quantitative estimate of drug-likeness (QED) is 0.722. The van der Waals surface area contributed by atoms with Gasteiger partial charge in [-0.1, -0.05) is 30.3 Å². The topological polar surface area (TPSA) is 54.7 Å². The lowest BCUT2D eigenvalue weighted by Gasteiger charge is -2.08. The van der Waals surface area contributed by atoms with Crippen LogP contribution in [0.15, 0.2) is 42.9 Å². The van der Waals surface area contributed by atoms with Gasteiger partial charge in [0.1, 0.15) is 0 Å². The molecule has 66 valence electrons. The summed E-state index contributed by atoms with van der Waals surface area (Å²) in [5, 5.41) is 0. The molecule has 1 atom stereocenters. The molecule has 0 spiro atoms. The van der Waals surface area contributed by atoms with Crippen LogP contribution in [0.4, 0.5) is 0 Å². The fraction of sp³-hybridized carbons (Fsp3) is 0.100. The third-order valence-electron chi connectivity index (χ3n) is 2.01. The second kappa shape index (κ2) is 3.41. The van der Waals surface area contributed by atoms with Crippen LogP contribution in [-0.2, 0) is 0 Å². The molecular weight excluding hydrogens is 162 g/mol. The standard InChI is InChI=1S/C10H11N3/c11-10(9-6-12-7-13-9)8-4-2-1-3-5-8/h1-7,10H,11H2,(H,12,13). The summed E-state index contributed by atoms with van der Waals surface area (Å²) in [6.07, 6.45) is 3.38. The number of nitrogens with zero attached hydrogens (tertiary/aromatic N) is 1. The van der Waals surface area contributed by atoms with Gasteiger partial charge in [0, 0.05) is 6.20 Å². The van der Waals surface area contributed by atoms with Crippen molar-refractivity contribution in [2.75, 3.05) is 0 Å². The number of benzene rings is 1. The van der Waals surface area contributed by atoms with Crippen LogP contribution < -0.4 is 5.73 Å². The van der Waals surface area contributed by atoms with Crippen molar-refractivity contribution in [3.63, 3.8) is 0 Å². The SMILES string of the molecule is NC(c1ccccc1)c1cnc[nH]1. The summed E-state index contributed by atoms with van der Waals surface area (Å²) in [5.74, 6) is 0. The number of aromatic nitrogens is 2. The molecule has 0 radical (unpaired) electrons. The number of nitrogens with one attached hydrogen (secondary N) is 1. The zero-order chi connectivity index (χ0) is 9.10. The normalized spacial score (nSPS) is 12.7. The molecule has 0 aliphatic heterocycles. The molecule has 3 heteroatoms. The predicted molar refractivity (Wildman–Crippen MR) is 51.1 cm³/mol. The Morgan fingerprint density at radius 2 is 2.00 bits per heavy atom. The highest BCUT2D eigenvalue weighted by Gasteiger charge is 2.08. The molecule has 0 saturated carbocycles. The lowest BCUT2D eigenvalue weighted by atomic mass is 10.1. The Labute approximate surface area is 76.6 Å². The molecule has 1 unspecified atom stereocenters. The fourth-order valence-corrected chi connectivity index (χ4v) is 1.28. The Hall–Kier alpha value is -1.61. The lowest BCUT2D eigenvalue weighted by molar-refractivity contribution is 0.838. The molecule has 0 aliphatic rings. The molecule has 1 aromatic carbocycles. The molecule has 0 saturated heterocycles. The van der Waals surface area contributed by atoms with E-state index in [-0.39, 0.29) is 6.04 Å². The monoisotopic (exact) mass is 173 g/mol. The maximum atomic E-state index is 5.99. The van der Waals surface area contributed by atoms with Gasteiger partial charge in [0.2, 0.25) is 0 Å². The van der Waals surface area contributed by atoms with Gasteiger partial charge in [0.25, 0.3) is 0 Å². The van der Waals surface area contributed by atoms with Crippen molar-refractivity contribution in [1.29, 1.82) is 0 Å². The summed E-state index contributed by atoms with van der Waals surface area (Å²) in [7, 11) is 0. The first-order valence-electron chi connectivity index (χ1n) is 4.17. The number of H-pyrrole nitrogens is 1. The van der Waals surface area contributed by atoms with Crippen LogP contribution in [0.25, 0.3) is 0 Å². The number of hydrogen-bond acceptors (Lipinski definition) is 2. The van der Waals surface area contributed by atoms with Gasteiger partial charge in [0.05, 0.1) is 18.1 Å². The van der Waals surface area contributed by atoms with E-state index in [9.17, 15) is 0 Å². The molecule has 2 aromatic rings. The number of hydrogen-bond donors (Lipinski definition) is 2. The van der Waals surface area contributed by atoms with Gasteiger partial charge in [0.15, 0.2) is 0 Å². The van der Waals surface area contributed by atoms with Crippen molar-refractivity contribution in [2.45, 2.75) is 6.04 Å². The van der Waals surface area contributed by atoms with Crippen LogP contribution in [0.5, 0.6) is 0 Å².